The lowest BCUT2D eigenvalue weighted by molar-refractivity contribution is -0.139. The number of piperazine rings is 1. The van der Waals surface area contributed by atoms with E-state index in [1.54, 1.807) is 25.1 Å². The average molecular weight is 589 g/mol. The van der Waals surface area contributed by atoms with Gasteiger partial charge in [-0.25, -0.2) is 13.2 Å². The maximum atomic E-state index is 13.4. The number of methoxy groups -OCH3 is 2. The zero-order chi connectivity index (χ0) is 29.4. The number of nitrogens with zero attached hydrogens (tertiary/aromatic N) is 3. The van der Waals surface area contributed by atoms with Crippen LogP contribution in [0.15, 0.2) is 41.3 Å². The fraction of sp³-hybridized carbons (Fsp3) is 0.444. The van der Waals surface area contributed by atoms with Crippen molar-refractivity contribution >= 4 is 27.9 Å². The van der Waals surface area contributed by atoms with E-state index in [0.29, 0.717) is 36.0 Å². The fourth-order valence-corrected chi connectivity index (χ4v) is 6.49. The maximum Gasteiger partial charge on any atom is 0.325 e. The van der Waals surface area contributed by atoms with Crippen molar-refractivity contribution in [1.29, 1.82) is 0 Å². The molecule has 2 aromatic carbocycles. The van der Waals surface area contributed by atoms with Crippen molar-refractivity contribution in [2.24, 2.45) is 0 Å². The van der Waals surface area contributed by atoms with Gasteiger partial charge < -0.3 is 29.2 Å². The fourth-order valence-electron chi connectivity index (χ4n) is 5.05. The van der Waals surface area contributed by atoms with Gasteiger partial charge in [0, 0.05) is 38.7 Å². The smallest absolute Gasteiger partial charge is 0.325 e. The second-order valence-corrected chi connectivity index (χ2v) is 11.9. The first-order valence-electron chi connectivity index (χ1n) is 13.1. The summed E-state index contributed by atoms with van der Waals surface area (Å²) < 4.78 is 49.5. The number of hydrogen-bond donors (Lipinski definition) is 1. The summed E-state index contributed by atoms with van der Waals surface area (Å²) in [5.41, 5.74) is -0.891. The normalized spacial score (nSPS) is 21.3. The molecule has 3 aliphatic heterocycles. The number of carbonyl (C=O) groups is 3. The molecule has 0 unspecified atom stereocenters. The number of imide groups is 1. The lowest BCUT2D eigenvalue weighted by Crippen LogP contribution is -2.53. The van der Waals surface area contributed by atoms with Gasteiger partial charge in [0.15, 0.2) is 23.0 Å². The van der Waals surface area contributed by atoms with E-state index in [2.05, 4.69) is 5.32 Å². The number of carbonyl (C=O) groups excluding carboxylic acids is 3. The van der Waals surface area contributed by atoms with Crippen molar-refractivity contribution in [1.82, 2.24) is 19.4 Å². The number of fused-ring (bicyclic) bond motifs is 1. The van der Waals surface area contributed by atoms with Gasteiger partial charge >= 0.3 is 6.03 Å². The van der Waals surface area contributed by atoms with Gasteiger partial charge in [0.1, 0.15) is 12.1 Å². The molecule has 5 rings (SSSR count). The summed E-state index contributed by atoms with van der Waals surface area (Å²) in [5.74, 6) is 0.710. The van der Waals surface area contributed by atoms with Crippen LogP contribution in [0.5, 0.6) is 23.0 Å². The number of hydrogen-bond acceptors (Lipinski definition) is 9. The SMILES string of the molecule is COc1ccc(S(=O)(=O)N2CCN(C(=O)CN3C(=O)N[C@@](C)(c4ccc5c(c4)OCCCO5)C3=O)CC2)cc1OC. The van der Waals surface area contributed by atoms with Crippen molar-refractivity contribution in [2.45, 2.75) is 23.8 Å². The third kappa shape index (κ3) is 5.24. The van der Waals surface area contributed by atoms with Crippen LogP contribution in [0.3, 0.4) is 0 Å². The lowest BCUT2D eigenvalue weighted by Gasteiger charge is -2.34. The molecule has 1 N–H and O–H groups in total. The van der Waals surface area contributed by atoms with Gasteiger partial charge in [0.05, 0.1) is 32.3 Å². The van der Waals surface area contributed by atoms with Crippen LogP contribution in [0.2, 0.25) is 0 Å². The van der Waals surface area contributed by atoms with Crippen LogP contribution in [0.4, 0.5) is 4.79 Å². The molecule has 220 valence electrons. The number of rotatable bonds is 7. The Morgan fingerprint density at radius 1 is 0.951 bits per heavy atom. The summed E-state index contributed by atoms with van der Waals surface area (Å²) in [7, 11) is -0.971. The van der Waals surface area contributed by atoms with Crippen LogP contribution in [0.25, 0.3) is 0 Å². The predicted octanol–water partition coefficient (Wildman–Crippen LogP) is 1.17. The number of benzene rings is 2. The van der Waals surface area contributed by atoms with Crippen molar-refractivity contribution in [2.75, 3.05) is 60.2 Å². The molecule has 0 aromatic heterocycles. The Morgan fingerprint density at radius 3 is 2.32 bits per heavy atom. The van der Waals surface area contributed by atoms with E-state index in [4.69, 9.17) is 18.9 Å². The largest absolute Gasteiger partial charge is 0.493 e. The van der Waals surface area contributed by atoms with Crippen LogP contribution >= 0.6 is 0 Å². The third-order valence-electron chi connectivity index (χ3n) is 7.48. The van der Waals surface area contributed by atoms with Gasteiger partial charge in [-0.15, -0.1) is 0 Å². The van der Waals surface area contributed by atoms with Crippen molar-refractivity contribution in [3.63, 3.8) is 0 Å². The van der Waals surface area contributed by atoms with E-state index >= 15 is 0 Å². The summed E-state index contributed by atoms with van der Waals surface area (Å²) in [5, 5.41) is 2.70. The van der Waals surface area contributed by atoms with Crippen LogP contribution in [0.1, 0.15) is 18.9 Å². The monoisotopic (exact) mass is 588 g/mol. The Balaban J connectivity index is 1.23. The molecule has 0 aliphatic carbocycles. The van der Waals surface area contributed by atoms with Crippen LogP contribution in [0, 0.1) is 0 Å². The zero-order valence-corrected chi connectivity index (χ0v) is 23.9. The molecule has 14 heteroatoms. The molecule has 0 radical (unpaired) electrons. The number of urea groups is 1. The van der Waals surface area contributed by atoms with Gasteiger partial charge in [0.25, 0.3) is 5.91 Å². The summed E-state index contributed by atoms with van der Waals surface area (Å²) in [6.07, 6.45) is 0.725. The van der Waals surface area contributed by atoms with E-state index in [1.165, 1.54) is 41.6 Å². The summed E-state index contributed by atoms with van der Waals surface area (Å²) in [4.78, 5) is 41.8. The highest BCUT2D eigenvalue weighted by atomic mass is 32.2. The average Bonchev–Trinajstić information content (AvgIpc) is 3.12. The standard InChI is InChI=1S/C27H32N4O9S/c1-27(18-5-7-21-23(15-18)40-14-4-13-39-21)25(33)31(26(34)28-27)17-24(32)29-9-11-30(12-10-29)41(35,36)19-6-8-20(37-2)22(16-19)38-3/h5-8,15-16H,4,9-14,17H2,1-3H3,(H,28,34)/t27-/m0/s1. The molecule has 2 saturated heterocycles. The molecule has 13 nitrogen and oxygen atoms in total. The molecular weight excluding hydrogens is 556 g/mol. The molecule has 2 fully saturated rings. The molecule has 1 atom stereocenters. The second-order valence-electron chi connectivity index (χ2n) is 9.96. The number of ether oxygens (including phenoxy) is 4. The van der Waals surface area contributed by atoms with Crippen LogP contribution < -0.4 is 24.3 Å². The molecule has 4 amide bonds. The van der Waals surface area contributed by atoms with Gasteiger partial charge in [0.2, 0.25) is 15.9 Å². The highest BCUT2D eigenvalue weighted by Gasteiger charge is 2.50. The molecule has 0 saturated carbocycles. The third-order valence-corrected chi connectivity index (χ3v) is 9.37. The van der Waals surface area contributed by atoms with Crippen molar-refractivity contribution in [3.05, 3.63) is 42.0 Å². The van der Waals surface area contributed by atoms with Crippen LogP contribution in [-0.2, 0) is 25.2 Å². The summed E-state index contributed by atoms with van der Waals surface area (Å²) in [6, 6.07) is 8.72. The van der Waals surface area contributed by atoms with Gasteiger partial charge in [-0.3, -0.25) is 14.5 Å². The van der Waals surface area contributed by atoms with E-state index < -0.39 is 40.0 Å². The van der Waals surface area contributed by atoms with Gasteiger partial charge in [-0.05, 0) is 36.8 Å². The molecule has 3 heterocycles. The Kier molecular flexibility index (Phi) is 7.70. The minimum Gasteiger partial charge on any atom is -0.493 e. The van der Waals surface area contributed by atoms with Gasteiger partial charge in [-0.1, -0.05) is 6.07 Å². The zero-order valence-electron chi connectivity index (χ0n) is 23.0. The first-order chi connectivity index (χ1) is 19.6. The minimum atomic E-state index is -3.85. The first kappa shape index (κ1) is 28.5. The van der Waals surface area contributed by atoms with Crippen molar-refractivity contribution < 1.29 is 41.7 Å². The molecule has 41 heavy (non-hydrogen) atoms. The molecule has 3 aliphatic rings. The van der Waals surface area contributed by atoms with E-state index in [9.17, 15) is 22.8 Å². The topological polar surface area (TPSA) is 144 Å². The van der Waals surface area contributed by atoms with Gasteiger partial charge in [-0.2, -0.15) is 4.31 Å². The Morgan fingerprint density at radius 2 is 1.63 bits per heavy atom. The van der Waals surface area contributed by atoms with Crippen LogP contribution in [-0.4, -0.2) is 101 Å². The maximum absolute atomic E-state index is 13.4. The molecular formula is C27H32N4O9S. The molecule has 0 bridgehead atoms. The Hall–Kier alpha value is -4.04. The van der Waals surface area contributed by atoms with E-state index in [-0.39, 0.29) is 36.8 Å². The Bertz CT molecular complexity index is 1470. The highest BCUT2D eigenvalue weighted by Crippen LogP contribution is 2.37. The predicted molar refractivity (Wildman–Crippen MR) is 145 cm³/mol. The second kappa shape index (κ2) is 11.1. The van der Waals surface area contributed by atoms with E-state index in [1.807, 2.05) is 0 Å². The van der Waals surface area contributed by atoms with E-state index in [0.717, 1.165) is 11.3 Å². The minimum absolute atomic E-state index is 0.0447. The summed E-state index contributed by atoms with van der Waals surface area (Å²) in [6.45, 7) is 2.42. The van der Waals surface area contributed by atoms with Crippen molar-refractivity contribution in [3.8, 4) is 23.0 Å². The molecule has 2 aromatic rings. The lowest BCUT2D eigenvalue weighted by atomic mass is 9.91. The summed E-state index contributed by atoms with van der Waals surface area (Å²) >= 11 is 0. The number of nitrogens with one attached hydrogen (secondary N) is 1. The number of sulfonamides is 1. The highest BCUT2D eigenvalue weighted by molar-refractivity contribution is 7.89. The Labute approximate surface area is 237 Å². The molecule has 0 spiro atoms. The number of amides is 4. The quantitative estimate of drug-likeness (QED) is 0.471. The first-order valence-corrected chi connectivity index (χ1v) is 14.6.